The Hall–Kier alpha value is -1.10. The van der Waals surface area contributed by atoms with Crippen molar-refractivity contribution in [1.82, 2.24) is 5.06 Å². The van der Waals surface area contributed by atoms with Gasteiger partial charge in [0.05, 0.1) is 12.7 Å². The van der Waals surface area contributed by atoms with Gasteiger partial charge >= 0.3 is 0 Å². The van der Waals surface area contributed by atoms with E-state index in [-0.39, 0.29) is 28.0 Å². The molecule has 0 radical (unpaired) electrons. The number of aromatic hydroxyl groups is 1. The maximum Gasteiger partial charge on any atom is 0.123 e. The molecule has 0 amide bonds. The lowest BCUT2D eigenvalue weighted by molar-refractivity contribution is -0.262. The Morgan fingerprint density at radius 3 is 1.68 bits per heavy atom. The molecule has 2 rings (SSSR count). The molecule has 1 aliphatic rings. The van der Waals surface area contributed by atoms with Gasteiger partial charge in [-0.15, -0.1) is 0 Å². The summed E-state index contributed by atoms with van der Waals surface area (Å²) in [6.45, 7) is 21.5. The number of hydroxylamine groups is 2. The Bertz CT molecular complexity index is 655. The van der Waals surface area contributed by atoms with Gasteiger partial charge in [-0.2, -0.15) is 5.06 Å². The van der Waals surface area contributed by atoms with Crippen LogP contribution in [0.2, 0.25) is 0 Å². The summed E-state index contributed by atoms with van der Waals surface area (Å²) in [6.07, 6.45) is 1.64. The van der Waals surface area contributed by atoms with Crippen LogP contribution in [0, 0.1) is 0 Å². The first-order chi connectivity index (χ1) is 12.4. The summed E-state index contributed by atoms with van der Waals surface area (Å²) in [5, 5.41) is 22.9. The third-order valence-corrected chi connectivity index (χ3v) is 5.87. The fourth-order valence-corrected chi connectivity index (χ4v) is 4.43. The molecule has 2 N–H and O–H groups in total. The molecule has 1 aliphatic heterocycles. The van der Waals surface area contributed by atoms with Gasteiger partial charge in [0.25, 0.3) is 0 Å². The van der Waals surface area contributed by atoms with Gasteiger partial charge in [0, 0.05) is 11.1 Å². The average Bonchev–Trinajstić information content (AvgIpc) is 2.48. The molecule has 0 atom stereocenters. The topological polar surface area (TPSA) is 52.9 Å². The molecule has 28 heavy (non-hydrogen) atoms. The summed E-state index contributed by atoms with van der Waals surface area (Å²) in [7, 11) is 0. The largest absolute Gasteiger partial charge is 0.507 e. The fraction of sp³-hybridized carbons (Fsp3) is 0.750. The molecule has 1 fully saturated rings. The lowest BCUT2D eigenvalue weighted by atomic mass is 9.78. The number of benzene rings is 1. The monoisotopic (exact) mass is 391 g/mol. The van der Waals surface area contributed by atoms with E-state index in [2.05, 4.69) is 81.4 Å². The summed E-state index contributed by atoms with van der Waals surface area (Å²) in [6, 6.07) is 4.17. The van der Waals surface area contributed by atoms with Crippen LogP contribution in [0.3, 0.4) is 0 Å². The minimum absolute atomic E-state index is 0.0818. The zero-order valence-corrected chi connectivity index (χ0v) is 19.6. The van der Waals surface area contributed by atoms with Gasteiger partial charge in [-0.25, -0.2) is 0 Å². The fourth-order valence-electron chi connectivity index (χ4n) is 4.43. The van der Waals surface area contributed by atoms with Crippen molar-refractivity contribution < 1.29 is 15.1 Å². The van der Waals surface area contributed by atoms with Crippen molar-refractivity contribution in [3.05, 3.63) is 28.8 Å². The second-order valence-corrected chi connectivity index (χ2v) is 11.8. The molecule has 160 valence electrons. The predicted molar refractivity (Wildman–Crippen MR) is 115 cm³/mol. The first-order valence-corrected chi connectivity index (χ1v) is 10.4. The van der Waals surface area contributed by atoms with E-state index in [1.807, 2.05) is 0 Å². The number of phenols is 1. The van der Waals surface area contributed by atoms with E-state index in [0.717, 1.165) is 29.5 Å². The lowest BCUT2D eigenvalue weighted by Crippen LogP contribution is -2.60. The summed E-state index contributed by atoms with van der Waals surface area (Å²) in [4.78, 5) is 0. The van der Waals surface area contributed by atoms with Gasteiger partial charge in [-0.3, -0.25) is 0 Å². The minimum Gasteiger partial charge on any atom is -0.507 e. The molecule has 0 spiro atoms. The van der Waals surface area contributed by atoms with Crippen LogP contribution >= 0.6 is 0 Å². The van der Waals surface area contributed by atoms with Crippen molar-refractivity contribution in [3.63, 3.8) is 0 Å². The normalized spacial score (nSPS) is 21.1. The van der Waals surface area contributed by atoms with Gasteiger partial charge < -0.3 is 15.1 Å². The molecule has 0 unspecified atom stereocenters. The van der Waals surface area contributed by atoms with E-state index in [1.54, 1.807) is 0 Å². The third kappa shape index (κ3) is 4.90. The maximum atomic E-state index is 10.9. The van der Waals surface area contributed by atoms with Crippen LogP contribution in [0.1, 0.15) is 98.8 Å². The number of rotatable bonds is 3. The van der Waals surface area contributed by atoms with Crippen LogP contribution in [0.25, 0.3) is 0 Å². The molecule has 0 aromatic heterocycles. The van der Waals surface area contributed by atoms with Crippen LogP contribution in [-0.2, 0) is 22.2 Å². The smallest absolute Gasteiger partial charge is 0.123 e. The van der Waals surface area contributed by atoms with Crippen molar-refractivity contribution in [2.45, 2.75) is 117 Å². The second kappa shape index (κ2) is 7.30. The van der Waals surface area contributed by atoms with Crippen LogP contribution in [-0.4, -0.2) is 32.6 Å². The van der Waals surface area contributed by atoms with Crippen molar-refractivity contribution in [1.29, 1.82) is 0 Å². The van der Waals surface area contributed by atoms with Crippen molar-refractivity contribution >= 4 is 0 Å². The van der Waals surface area contributed by atoms with Crippen molar-refractivity contribution in [2.75, 3.05) is 0 Å². The summed E-state index contributed by atoms with van der Waals surface area (Å²) >= 11 is 0. The van der Waals surface area contributed by atoms with E-state index < -0.39 is 0 Å². The van der Waals surface area contributed by atoms with E-state index >= 15 is 0 Å². The van der Waals surface area contributed by atoms with Crippen LogP contribution < -0.4 is 0 Å². The molecule has 1 heterocycles. The standard InChI is InChI=1S/C24H41NO3/c1-21(2,3)18-11-16(12-19(20(18)26)22(4,5)6)15-28-17-13-23(7,8)25(27)24(9,10)14-17/h11-12,17,26-27H,13-15H2,1-10H3. The Kier molecular flexibility index (Phi) is 6.04. The summed E-state index contributed by atoms with van der Waals surface area (Å²) in [5.74, 6) is 0.402. The van der Waals surface area contributed by atoms with Crippen molar-refractivity contribution in [2.24, 2.45) is 0 Å². The second-order valence-electron chi connectivity index (χ2n) is 11.8. The molecule has 0 saturated carbocycles. The van der Waals surface area contributed by atoms with Gasteiger partial charge in [-0.05, 0) is 80.2 Å². The van der Waals surface area contributed by atoms with Gasteiger partial charge in [-0.1, -0.05) is 41.5 Å². The van der Waals surface area contributed by atoms with E-state index in [4.69, 9.17) is 4.74 Å². The molecule has 0 aliphatic carbocycles. The predicted octanol–water partition coefficient (Wildman–Crippen LogP) is 5.91. The quantitative estimate of drug-likeness (QED) is 0.672. The number of hydrogen-bond acceptors (Lipinski definition) is 4. The SMILES string of the molecule is CC(C)(C)c1cc(COC2CC(C)(C)N(O)C(C)(C)C2)cc(C(C)(C)C)c1O. The highest BCUT2D eigenvalue weighted by Gasteiger charge is 2.45. The molecule has 4 heteroatoms. The van der Waals surface area contributed by atoms with Gasteiger partial charge in [0.15, 0.2) is 0 Å². The highest BCUT2D eigenvalue weighted by Crippen LogP contribution is 2.41. The first kappa shape index (κ1) is 23.2. The molecule has 0 bridgehead atoms. The highest BCUT2D eigenvalue weighted by atomic mass is 16.5. The molecule has 1 aromatic carbocycles. The van der Waals surface area contributed by atoms with Crippen LogP contribution in [0.5, 0.6) is 5.75 Å². The Balaban J connectivity index is 2.29. The van der Waals surface area contributed by atoms with Crippen LogP contribution in [0.15, 0.2) is 12.1 Å². The molecule has 4 nitrogen and oxygen atoms in total. The number of piperidine rings is 1. The zero-order chi connectivity index (χ0) is 21.7. The van der Waals surface area contributed by atoms with Gasteiger partial charge in [0.2, 0.25) is 0 Å². The minimum atomic E-state index is -0.325. The lowest BCUT2D eigenvalue weighted by Gasteiger charge is -2.51. The Labute approximate surface area is 171 Å². The highest BCUT2D eigenvalue weighted by molar-refractivity contribution is 5.49. The molecular formula is C24H41NO3. The average molecular weight is 392 g/mol. The Morgan fingerprint density at radius 1 is 0.929 bits per heavy atom. The maximum absolute atomic E-state index is 10.9. The summed E-state index contributed by atoms with van der Waals surface area (Å²) in [5.41, 5.74) is 2.07. The number of ether oxygens (including phenoxy) is 1. The third-order valence-electron chi connectivity index (χ3n) is 5.87. The summed E-state index contributed by atoms with van der Waals surface area (Å²) < 4.78 is 6.34. The molecular weight excluding hydrogens is 350 g/mol. The van der Waals surface area contributed by atoms with E-state index in [9.17, 15) is 10.3 Å². The number of phenolic OH excluding ortho intramolecular Hbond substituents is 1. The molecule has 1 saturated heterocycles. The van der Waals surface area contributed by atoms with Crippen LogP contribution in [0.4, 0.5) is 0 Å². The zero-order valence-electron chi connectivity index (χ0n) is 19.6. The molecule has 1 aromatic rings. The van der Waals surface area contributed by atoms with Crippen molar-refractivity contribution in [3.8, 4) is 5.75 Å². The van der Waals surface area contributed by atoms with E-state index in [0.29, 0.717) is 12.4 Å². The number of hydrogen-bond donors (Lipinski definition) is 2. The Morgan fingerprint density at radius 2 is 1.32 bits per heavy atom. The van der Waals surface area contributed by atoms with Gasteiger partial charge in [0.1, 0.15) is 5.75 Å². The first-order valence-electron chi connectivity index (χ1n) is 10.4. The van der Waals surface area contributed by atoms with E-state index in [1.165, 1.54) is 5.06 Å². The number of nitrogens with zero attached hydrogens (tertiary/aromatic N) is 1.